The lowest BCUT2D eigenvalue weighted by atomic mass is 10.1. The van der Waals surface area contributed by atoms with Crippen molar-refractivity contribution in [2.45, 2.75) is 12.5 Å². The van der Waals surface area contributed by atoms with Crippen molar-refractivity contribution in [3.05, 3.63) is 46.5 Å². The molecule has 0 aliphatic carbocycles. The van der Waals surface area contributed by atoms with Crippen molar-refractivity contribution >= 4 is 11.3 Å². The van der Waals surface area contributed by atoms with Crippen LogP contribution in [-0.2, 0) is 6.42 Å². The molecule has 0 radical (unpaired) electrons. The number of hydrazine groups is 1. The van der Waals surface area contributed by atoms with E-state index in [1.54, 1.807) is 17.6 Å². The number of rotatable bonds is 4. The molecular weight excluding hydrogens is 196 g/mol. The summed E-state index contributed by atoms with van der Waals surface area (Å²) in [6.07, 6.45) is 2.51. The van der Waals surface area contributed by atoms with E-state index in [9.17, 15) is 0 Å². The summed E-state index contributed by atoms with van der Waals surface area (Å²) in [6.45, 7) is 0. The molecule has 0 fully saturated rings. The lowest BCUT2D eigenvalue weighted by Crippen LogP contribution is -2.29. The topological polar surface area (TPSA) is 51.2 Å². The largest absolute Gasteiger partial charge is 0.468 e. The molecule has 2 aromatic rings. The second-order valence-corrected chi connectivity index (χ2v) is 3.85. The summed E-state index contributed by atoms with van der Waals surface area (Å²) in [6, 6.07) is 5.95. The molecule has 0 bridgehead atoms. The zero-order chi connectivity index (χ0) is 9.80. The highest BCUT2D eigenvalue weighted by atomic mass is 32.1. The molecule has 74 valence electrons. The van der Waals surface area contributed by atoms with Crippen LogP contribution in [0.4, 0.5) is 0 Å². The van der Waals surface area contributed by atoms with Gasteiger partial charge in [-0.05, 0) is 40.9 Å². The molecule has 2 rings (SSSR count). The van der Waals surface area contributed by atoms with Crippen LogP contribution in [0.3, 0.4) is 0 Å². The summed E-state index contributed by atoms with van der Waals surface area (Å²) in [4.78, 5) is 0. The number of hydrogen-bond donors (Lipinski definition) is 2. The van der Waals surface area contributed by atoms with Crippen LogP contribution in [0.25, 0.3) is 0 Å². The molecule has 4 heteroatoms. The third-order valence-electron chi connectivity index (χ3n) is 2.11. The predicted octanol–water partition coefficient (Wildman–Crippen LogP) is 2.09. The Kier molecular flexibility index (Phi) is 2.98. The summed E-state index contributed by atoms with van der Waals surface area (Å²) < 4.78 is 5.30. The van der Waals surface area contributed by atoms with Crippen LogP contribution in [0.15, 0.2) is 39.6 Å². The highest BCUT2D eigenvalue weighted by molar-refractivity contribution is 7.07. The Morgan fingerprint density at radius 1 is 1.50 bits per heavy atom. The Balaban J connectivity index is 2.08. The van der Waals surface area contributed by atoms with E-state index in [2.05, 4.69) is 22.3 Å². The Hall–Kier alpha value is -1.10. The molecule has 2 heterocycles. The maximum atomic E-state index is 5.47. The Labute approximate surface area is 86.5 Å². The molecule has 0 saturated heterocycles. The predicted molar refractivity (Wildman–Crippen MR) is 56.8 cm³/mol. The fraction of sp³-hybridized carbons (Fsp3) is 0.200. The van der Waals surface area contributed by atoms with Crippen molar-refractivity contribution in [2.24, 2.45) is 5.84 Å². The molecule has 0 saturated carbocycles. The number of thiophene rings is 1. The Bertz CT molecular complexity index is 355. The lowest BCUT2D eigenvalue weighted by Gasteiger charge is -2.11. The van der Waals surface area contributed by atoms with E-state index in [0.717, 1.165) is 12.2 Å². The van der Waals surface area contributed by atoms with Gasteiger partial charge in [0.15, 0.2) is 0 Å². The molecule has 0 aliphatic heterocycles. The molecule has 14 heavy (non-hydrogen) atoms. The average Bonchev–Trinajstić information content (AvgIpc) is 2.86. The molecule has 0 aliphatic rings. The zero-order valence-corrected chi connectivity index (χ0v) is 8.46. The van der Waals surface area contributed by atoms with Gasteiger partial charge in [0.2, 0.25) is 0 Å². The van der Waals surface area contributed by atoms with Gasteiger partial charge in [0.05, 0.1) is 12.3 Å². The van der Waals surface area contributed by atoms with Crippen LogP contribution < -0.4 is 11.3 Å². The molecular formula is C10H12N2OS. The standard InChI is InChI=1S/C10H12N2OS/c11-12-9(10-2-1-4-13-10)6-8-3-5-14-7-8/h1-5,7,9,12H,6,11H2. The fourth-order valence-electron chi connectivity index (χ4n) is 1.38. The molecule has 2 aromatic heterocycles. The van der Waals surface area contributed by atoms with Crippen molar-refractivity contribution in [3.63, 3.8) is 0 Å². The number of nitrogens with one attached hydrogen (secondary N) is 1. The van der Waals surface area contributed by atoms with Gasteiger partial charge < -0.3 is 4.42 Å². The third kappa shape index (κ3) is 2.04. The van der Waals surface area contributed by atoms with Crippen LogP contribution >= 0.6 is 11.3 Å². The van der Waals surface area contributed by atoms with E-state index in [4.69, 9.17) is 10.3 Å². The summed E-state index contributed by atoms with van der Waals surface area (Å²) >= 11 is 1.69. The smallest absolute Gasteiger partial charge is 0.122 e. The van der Waals surface area contributed by atoms with Gasteiger partial charge in [-0.25, -0.2) is 5.43 Å². The maximum Gasteiger partial charge on any atom is 0.122 e. The van der Waals surface area contributed by atoms with E-state index < -0.39 is 0 Å². The van der Waals surface area contributed by atoms with Crippen molar-refractivity contribution in [1.29, 1.82) is 0 Å². The minimum absolute atomic E-state index is 0.0552. The van der Waals surface area contributed by atoms with Gasteiger partial charge in [0.1, 0.15) is 5.76 Å². The molecule has 1 unspecified atom stereocenters. The van der Waals surface area contributed by atoms with Crippen molar-refractivity contribution in [1.82, 2.24) is 5.43 Å². The van der Waals surface area contributed by atoms with Gasteiger partial charge >= 0.3 is 0 Å². The van der Waals surface area contributed by atoms with Gasteiger partial charge in [0.25, 0.3) is 0 Å². The van der Waals surface area contributed by atoms with Crippen LogP contribution in [0, 0.1) is 0 Å². The second kappa shape index (κ2) is 4.41. The van der Waals surface area contributed by atoms with E-state index >= 15 is 0 Å². The van der Waals surface area contributed by atoms with Gasteiger partial charge in [-0.15, -0.1) is 0 Å². The van der Waals surface area contributed by atoms with Crippen molar-refractivity contribution in [3.8, 4) is 0 Å². The Morgan fingerprint density at radius 2 is 2.43 bits per heavy atom. The number of nitrogens with two attached hydrogens (primary N) is 1. The minimum Gasteiger partial charge on any atom is -0.468 e. The number of furan rings is 1. The van der Waals surface area contributed by atoms with Crippen molar-refractivity contribution < 1.29 is 4.42 Å². The zero-order valence-electron chi connectivity index (χ0n) is 7.64. The quantitative estimate of drug-likeness (QED) is 0.597. The summed E-state index contributed by atoms with van der Waals surface area (Å²) in [5.74, 6) is 6.35. The minimum atomic E-state index is 0.0552. The van der Waals surface area contributed by atoms with E-state index in [0.29, 0.717) is 0 Å². The lowest BCUT2D eigenvalue weighted by molar-refractivity contribution is 0.416. The first-order valence-electron chi connectivity index (χ1n) is 4.41. The van der Waals surface area contributed by atoms with Crippen LogP contribution in [0.1, 0.15) is 17.4 Å². The molecule has 0 spiro atoms. The molecule has 0 aromatic carbocycles. The SMILES string of the molecule is NNC(Cc1ccsc1)c1ccco1. The van der Waals surface area contributed by atoms with Gasteiger partial charge in [0, 0.05) is 0 Å². The first-order chi connectivity index (χ1) is 6.90. The Morgan fingerprint density at radius 3 is 3.00 bits per heavy atom. The molecule has 3 N–H and O–H groups in total. The van der Waals surface area contributed by atoms with E-state index in [1.807, 2.05) is 12.1 Å². The highest BCUT2D eigenvalue weighted by Gasteiger charge is 2.12. The van der Waals surface area contributed by atoms with Gasteiger partial charge in [-0.3, -0.25) is 5.84 Å². The molecule has 0 amide bonds. The first kappa shape index (κ1) is 9.45. The average molecular weight is 208 g/mol. The van der Waals surface area contributed by atoms with E-state index in [-0.39, 0.29) is 6.04 Å². The second-order valence-electron chi connectivity index (χ2n) is 3.07. The van der Waals surface area contributed by atoms with Gasteiger partial charge in [-0.2, -0.15) is 11.3 Å². The monoisotopic (exact) mass is 208 g/mol. The summed E-state index contributed by atoms with van der Waals surface area (Å²) in [5.41, 5.74) is 4.03. The normalized spacial score (nSPS) is 12.9. The van der Waals surface area contributed by atoms with E-state index in [1.165, 1.54) is 5.56 Å². The van der Waals surface area contributed by atoms with Crippen molar-refractivity contribution in [2.75, 3.05) is 0 Å². The summed E-state index contributed by atoms with van der Waals surface area (Å²) in [5, 5.41) is 4.18. The van der Waals surface area contributed by atoms with Crippen LogP contribution in [0.2, 0.25) is 0 Å². The first-order valence-corrected chi connectivity index (χ1v) is 5.35. The summed E-state index contributed by atoms with van der Waals surface area (Å²) in [7, 11) is 0. The van der Waals surface area contributed by atoms with Crippen LogP contribution in [0.5, 0.6) is 0 Å². The molecule has 1 atom stereocenters. The number of hydrogen-bond acceptors (Lipinski definition) is 4. The highest BCUT2D eigenvalue weighted by Crippen LogP contribution is 2.19. The molecule has 3 nitrogen and oxygen atoms in total. The third-order valence-corrected chi connectivity index (χ3v) is 2.84. The fourth-order valence-corrected chi connectivity index (χ4v) is 2.06. The van der Waals surface area contributed by atoms with Crippen LogP contribution in [-0.4, -0.2) is 0 Å². The van der Waals surface area contributed by atoms with Gasteiger partial charge in [-0.1, -0.05) is 0 Å². The maximum absolute atomic E-state index is 5.47.